The Bertz CT molecular complexity index is 899. The maximum atomic E-state index is 6.48. The van der Waals surface area contributed by atoms with Crippen molar-refractivity contribution in [2.45, 2.75) is 13.5 Å². The van der Waals surface area contributed by atoms with Gasteiger partial charge in [0, 0.05) is 34.8 Å². The molecule has 4 nitrogen and oxygen atoms in total. The highest BCUT2D eigenvalue weighted by molar-refractivity contribution is 6.37. The molecule has 0 fully saturated rings. The van der Waals surface area contributed by atoms with E-state index in [0.717, 1.165) is 27.8 Å². The highest BCUT2D eigenvalue weighted by Gasteiger charge is 2.12. The first kappa shape index (κ1) is 17.8. The number of fused-ring (bicyclic) bond motifs is 1. The van der Waals surface area contributed by atoms with Gasteiger partial charge in [-0.2, -0.15) is 0 Å². The number of hydrogen-bond donors (Lipinski definition) is 2. The maximum Gasteiger partial charge on any atom is 0.146 e. The fourth-order valence-corrected chi connectivity index (χ4v) is 3.10. The Hall–Kier alpha value is -2.01. The monoisotopic (exact) mass is 375 g/mol. The summed E-state index contributed by atoms with van der Waals surface area (Å²) in [5.41, 5.74) is 8.82. The van der Waals surface area contributed by atoms with Crippen molar-refractivity contribution in [3.63, 3.8) is 0 Å². The number of benzene rings is 2. The van der Waals surface area contributed by atoms with E-state index in [1.807, 2.05) is 43.3 Å². The van der Waals surface area contributed by atoms with Gasteiger partial charge >= 0.3 is 0 Å². The molecule has 0 amide bonds. The predicted octanol–water partition coefficient (Wildman–Crippen LogP) is 4.80. The summed E-state index contributed by atoms with van der Waals surface area (Å²) in [6, 6.07) is 13.5. The molecule has 0 spiro atoms. The molecule has 3 N–H and O–H groups in total. The zero-order chi connectivity index (χ0) is 17.8. The largest absolute Gasteiger partial charge is 0.487 e. The fourth-order valence-electron chi connectivity index (χ4n) is 2.56. The summed E-state index contributed by atoms with van der Waals surface area (Å²) < 4.78 is 6.00. The smallest absolute Gasteiger partial charge is 0.146 e. The Balaban J connectivity index is 1.88. The van der Waals surface area contributed by atoms with Crippen molar-refractivity contribution in [2.75, 3.05) is 18.4 Å². The van der Waals surface area contributed by atoms with Crippen LogP contribution in [0.2, 0.25) is 10.0 Å². The van der Waals surface area contributed by atoms with Crippen LogP contribution in [0.15, 0.2) is 42.5 Å². The second-order valence-corrected chi connectivity index (χ2v) is 6.46. The number of nitrogens with one attached hydrogen (secondary N) is 1. The molecule has 0 saturated heterocycles. The number of aromatic nitrogens is 1. The van der Waals surface area contributed by atoms with Crippen molar-refractivity contribution in [1.29, 1.82) is 0 Å². The second kappa shape index (κ2) is 7.91. The molecule has 0 aliphatic carbocycles. The van der Waals surface area contributed by atoms with E-state index in [9.17, 15) is 0 Å². The molecule has 25 heavy (non-hydrogen) atoms. The van der Waals surface area contributed by atoms with E-state index < -0.39 is 0 Å². The summed E-state index contributed by atoms with van der Waals surface area (Å²) >= 11 is 12.8. The summed E-state index contributed by atoms with van der Waals surface area (Å²) in [7, 11) is 0. The molecular weight excluding hydrogens is 357 g/mol. The van der Waals surface area contributed by atoms with Crippen molar-refractivity contribution in [3.05, 3.63) is 63.8 Å². The van der Waals surface area contributed by atoms with Crippen LogP contribution in [-0.2, 0) is 6.61 Å². The lowest BCUT2D eigenvalue weighted by molar-refractivity contribution is 0.309. The lowest BCUT2D eigenvalue weighted by Gasteiger charge is -2.14. The molecule has 0 bridgehead atoms. The van der Waals surface area contributed by atoms with Crippen LogP contribution in [-0.4, -0.2) is 18.1 Å². The number of pyridine rings is 1. The Morgan fingerprint density at radius 3 is 2.76 bits per heavy atom. The van der Waals surface area contributed by atoms with Gasteiger partial charge in [0.05, 0.1) is 10.7 Å². The van der Waals surface area contributed by atoms with E-state index in [0.29, 0.717) is 28.9 Å². The summed E-state index contributed by atoms with van der Waals surface area (Å²) in [6.45, 7) is 3.36. The number of nitrogens with zero attached hydrogens (tertiary/aromatic N) is 1. The highest BCUT2D eigenvalue weighted by Crippen LogP contribution is 2.33. The molecule has 130 valence electrons. The molecule has 0 saturated carbocycles. The van der Waals surface area contributed by atoms with Gasteiger partial charge in [-0.25, -0.2) is 4.98 Å². The highest BCUT2D eigenvalue weighted by atomic mass is 35.5. The average Bonchev–Trinajstić information content (AvgIpc) is 2.61. The van der Waals surface area contributed by atoms with Gasteiger partial charge in [-0.1, -0.05) is 41.4 Å². The number of ether oxygens (including phenoxy) is 1. The van der Waals surface area contributed by atoms with E-state index in [1.54, 1.807) is 6.07 Å². The van der Waals surface area contributed by atoms with Crippen LogP contribution in [0.3, 0.4) is 0 Å². The number of aryl methyl sites for hydroxylation is 1. The molecule has 3 aromatic rings. The maximum absolute atomic E-state index is 6.48. The van der Waals surface area contributed by atoms with Gasteiger partial charge in [-0.05, 0) is 31.2 Å². The molecule has 0 radical (unpaired) electrons. The Kier molecular flexibility index (Phi) is 5.63. The van der Waals surface area contributed by atoms with Gasteiger partial charge in [0.25, 0.3) is 0 Å². The number of nitrogens with two attached hydrogens (primary N) is 1. The molecule has 0 atom stereocenters. The number of para-hydroxylation sites is 1. The Morgan fingerprint density at radius 2 is 1.96 bits per heavy atom. The zero-order valence-electron chi connectivity index (χ0n) is 13.9. The lowest BCUT2D eigenvalue weighted by atomic mass is 10.2. The molecule has 1 aromatic heterocycles. The van der Waals surface area contributed by atoms with Gasteiger partial charge in [0.2, 0.25) is 0 Å². The molecule has 1 heterocycles. The summed E-state index contributed by atoms with van der Waals surface area (Å²) in [4.78, 5) is 4.57. The number of hydrogen-bond acceptors (Lipinski definition) is 4. The van der Waals surface area contributed by atoms with Gasteiger partial charge in [-0.3, -0.25) is 0 Å². The average molecular weight is 376 g/mol. The fraction of sp³-hybridized carbons (Fsp3) is 0.211. The number of anilines is 1. The van der Waals surface area contributed by atoms with Gasteiger partial charge < -0.3 is 15.8 Å². The van der Waals surface area contributed by atoms with Crippen LogP contribution in [0.5, 0.6) is 5.75 Å². The topological polar surface area (TPSA) is 60.2 Å². The first-order valence-corrected chi connectivity index (χ1v) is 8.75. The van der Waals surface area contributed by atoms with Crippen LogP contribution in [0, 0.1) is 6.92 Å². The minimum absolute atomic E-state index is 0.255. The van der Waals surface area contributed by atoms with Crippen LogP contribution >= 0.6 is 23.2 Å². The Labute approximate surface area is 156 Å². The van der Waals surface area contributed by atoms with E-state index >= 15 is 0 Å². The first-order chi connectivity index (χ1) is 12.1. The molecule has 0 unspecified atom stereocenters. The quantitative estimate of drug-likeness (QED) is 0.649. The first-order valence-electron chi connectivity index (χ1n) is 8.00. The zero-order valence-corrected chi connectivity index (χ0v) is 15.4. The van der Waals surface area contributed by atoms with E-state index in [-0.39, 0.29) is 6.61 Å². The third-order valence-corrected chi connectivity index (χ3v) is 4.63. The van der Waals surface area contributed by atoms with Crippen molar-refractivity contribution in [1.82, 2.24) is 4.98 Å². The van der Waals surface area contributed by atoms with Crippen LogP contribution in [0.4, 0.5) is 5.69 Å². The van der Waals surface area contributed by atoms with Crippen molar-refractivity contribution < 1.29 is 4.74 Å². The number of halogens is 2. The van der Waals surface area contributed by atoms with Gasteiger partial charge in [0.1, 0.15) is 17.9 Å². The third-order valence-electron chi connectivity index (χ3n) is 3.84. The van der Waals surface area contributed by atoms with Crippen LogP contribution in [0.1, 0.15) is 11.3 Å². The van der Waals surface area contributed by atoms with Crippen molar-refractivity contribution in [3.8, 4) is 5.75 Å². The van der Waals surface area contributed by atoms with E-state index in [2.05, 4.69) is 10.3 Å². The lowest BCUT2D eigenvalue weighted by Crippen LogP contribution is -2.13. The normalized spacial score (nSPS) is 10.9. The van der Waals surface area contributed by atoms with Crippen molar-refractivity contribution in [2.24, 2.45) is 5.73 Å². The summed E-state index contributed by atoms with van der Waals surface area (Å²) in [5.74, 6) is 0.702. The molecular formula is C19H19Cl2N3O. The number of rotatable bonds is 6. The minimum atomic E-state index is 0.255. The summed E-state index contributed by atoms with van der Waals surface area (Å²) in [5, 5.41) is 5.32. The third kappa shape index (κ3) is 3.98. The molecule has 0 aliphatic rings. The van der Waals surface area contributed by atoms with E-state index in [1.165, 1.54) is 0 Å². The Morgan fingerprint density at radius 1 is 1.12 bits per heavy atom. The molecule has 6 heteroatoms. The van der Waals surface area contributed by atoms with E-state index in [4.69, 9.17) is 33.7 Å². The van der Waals surface area contributed by atoms with Gasteiger partial charge in [-0.15, -0.1) is 0 Å². The van der Waals surface area contributed by atoms with Crippen LogP contribution in [0.25, 0.3) is 10.9 Å². The van der Waals surface area contributed by atoms with Crippen molar-refractivity contribution >= 4 is 39.8 Å². The molecule has 2 aromatic carbocycles. The minimum Gasteiger partial charge on any atom is -0.487 e. The van der Waals surface area contributed by atoms with Crippen LogP contribution < -0.4 is 15.8 Å². The predicted molar refractivity (Wildman–Crippen MR) is 105 cm³/mol. The standard InChI is InChI=1S/C19H19Cl2N3O/c1-12-5-6-13-3-2-4-17(19(13)24-12)25-11-14-15(20)7-8-16(18(14)21)23-10-9-22/h2-8,23H,9-11,22H2,1H3. The molecule has 3 rings (SSSR count). The molecule has 0 aliphatic heterocycles. The SMILES string of the molecule is Cc1ccc2cccc(OCc3c(Cl)ccc(NCCN)c3Cl)c2n1. The second-order valence-electron chi connectivity index (χ2n) is 5.67. The van der Waals surface area contributed by atoms with Gasteiger partial charge in [0.15, 0.2) is 0 Å². The summed E-state index contributed by atoms with van der Waals surface area (Å²) in [6.07, 6.45) is 0.